The molecule has 0 spiro atoms. The van der Waals surface area contributed by atoms with E-state index in [0.717, 1.165) is 23.1 Å². The fourth-order valence-corrected chi connectivity index (χ4v) is 2.71. The van der Waals surface area contributed by atoms with Gasteiger partial charge in [0.05, 0.1) is 0 Å². The zero-order chi connectivity index (χ0) is 19.1. The maximum absolute atomic E-state index is 11.9. The van der Waals surface area contributed by atoms with Crippen LogP contribution in [0.25, 0.3) is 11.1 Å². The van der Waals surface area contributed by atoms with Crippen molar-refractivity contribution in [1.29, 1.82) is 0 Å². The van der Waals surface area contributed by atoms with Crippen LogP contribution in [-0.4, -0.2) is 11.9 Å². The standard InChI is InChI=1S/C23H21NO3/c1-2-6-22(25)19-11-9-17(10-12-19)18-13-15-21(16-14-18)27-23(26)24-20-7-4-3-5-8-20/h3-5,7-16H,2,6H2,1H3,(H,24,26). The second-order valence-corrected chi connectivity index (χ2v) is 6.16. The molecule has 3 rings (SSSR count). The average molecular weight is 359 g/mol. The summed E-state index contributed by atoms with van der Waals surface area (Å²) in [6, 6.07) is 24.0. The largest absolute Gasteiger partial charge is 0.417 e. The van der Waals surface area contributed by atoms with Crippen LogP contribution in [0.1, 0.15) is 30.1 Å². The topological polar surface area (TPSA) is 55.4 Å². The van der Waals surface area contributed by atoms with Crippen molar-refractivity contribution < 1.29 is 14.3 Å². The lowest BCUT2D eigenvalue weighted by Gasteiger charge is -2.08. The molecule has 3 aromatic carbocycles. The monoisotopic (exact) mass is 359 g/mol. The van der Waals surface area contributed by atoms with Gasteiger partial charge in [0.1, 0.15) is 5.75 Å². The predicted octanol–water partition coefficient (Wildman–Crippen LogP) is 5.95. The van der Waals surface area contributed by atoms with Crippen LogP contribution in [0.4, 0.5) is 10.5 Å². The van der Waals surface area contributed by atoms with Crippen LogP contribution < -0.4 is 10.1 Å². The summed E-state index contributed by atoms with van der Waals surface area (Å²) in [6.45, 7) is 2.00. The number of hydrogen-bond donors (Lipinski definition) is 1. The van der Waals surface area contributed by atoms with Crippen LogP contribution in [0.2, 0.25) is 0 Å². The number of nitrogens with one attached hydrogen (secondary N) is 1. The Bertz CT molecular complexity index is 901. The van der Waals surface area contributed by atoms with Crippen molar-refractivity contribution in [2.45, 2.75) is 19.8 Å². The lowest BCUT2D eigenvalue weighted by molar-refractivity contribution is 0.0981. The van der Waals surface area contributed by atoms with Gasteiger partial charge in [0.15, 0.2) is 5.78 Å². The highest BCUT2D eigenvalue weighted by atomic mass is 16.6. The maximum atomic E-state index is 11.9. The van der Waals surface area contributed by atoms with Crippen LogP contribution in [0.3, 0.4) is 0 Å². The van der Waals surface area contributed by atoms with E-state index >= 15 is 0 Å². The van der Waals surface area contributed by atoms with E-state index < -0.39 is 6.09 Å². The number of anilines is 1. The van der Waals surface area contributed by atoms with Crippen LogP contribution in [-0.2, 0) is 0 Å². The van der Waals surface area contributed by atoms with Gasteiger partial charge in [-0.1, -0.05) is 61.5 Å². The fraction of sp³-hybridized carbons (Fsp3) is 0.130. The van der Waals surface area contributed by atoms with Gasteiger partial charge in [-0.3, -0.25) is 10.1 Å². The van der Waals surface area contributed by atoms with Crippen molar-refractivity contribution in [3.8, 4) is 16.9 Å². The summed E-state index contributed by atoms with van der Waals surface area (Å²) in [6.07, 6.45) is 0.879. The third-order valence-electron chi connectivity index (χ3n) is 4.10. The Hall–Kier alpha value is -3.40. The molecule has 4 heteroatoms. The molecule has 1 N–H and O–H groups in total. The van der Waals surface area contributed by atoms with Gasteiger partial charge in [0, 0.05) is 17.7 Å². The summed E-state index contributed by atoms with van der Waals surface area (Å²) in [4.78, 5) is 23.8. The third kappa shape index (κ3) is 5.05. The Labute approximate surface area is 158 Å². The van der Waals surface area contributed by atoms with E-state index in [2.05, 4.69) is 5.32 Å². The first-order valence-corrected chi connectivity index (χ1v) is 8.93. The Balaban J connectivity index is 1.63. The van der Waals surface area contributed by atoms with Crippen LogP contribution in [0.5, 0.6) is 5.75 Å². The molecule has 0 saturated carbocycles. The minimum absolute atomic E-state index is 0.164. The summed E-state index contributed by atoms with van der Waals surface area (Å²) in [5.41, 5.74) is 3.40. The molecule has 0 radical (unpaired) electrons. The third-order valence-corrected chi connectivity index (χ3v) is 4.10. The second kappa shape index (κ2) is 8.81. The van der Waals surface area contributed by atoms with Gasteiger partial charge in [-0.05, 0) is 41.8 Å². The van der Waals surface area contributed by atoms with Crippen LogP contribution in [0.15, 0.2) is 78.9 Å². The lowest BCUT2D eigenvalue weighted by atomic mass is 10.0. The number of rotatable bonds is 6. The van der Waals surface area contributed by atoms with Crippen LogP contribution in [0, 0.1) is 0 Å². The molecule has 27 heavy (non-hydrogen) atoms. The number of ether oxygens (including phenoxy) is 1. The molecule has 0 bridgehead atoms. The first-order valence-electron chi connectivity index (χ1n) is 8.93. The summed E-state index contributed by atoms with van der Waals surface area (Å²) < 4.78 is 5.29. The Kier molecular flexibility index (Phi) is 6.00. The van der Waals surface area contributed by atoms with E-state index in [1.54, 1.807) is 24.3 Å². The molecule has 1 amide bonds. The molecule has 0 heterocycles. The Morgan fingerprint density at radius 3 is 2.00 bits per heavy atom. The van der Waals surface area contributed by atoms with Gasteiger partial charge >= 0.3 is 6.09 Å². The number of ketones is 1. The minimum Gasteiger partial charge on any atom is -0.410 e. The van der Waals surface area contributed by atoms with Crippen molar-refractivity contribution in [3.05, 3.63) is 84.4 Å². The number of carbonyl (C=O) groups is 2. The summed E-state index contributed by atoms with van der Waals surface area (Å²) in [5.74, 6) is 0.624. The van der Waals surface area contributed by atoms with Crippen molar-refractivity contribution in [2.75, 3.05) is 5.32 Å². The van der Waals surface area contributed by atoms with E-state index in [1.165, 1.54) is 0 Å². The van der Waals surface area contributed by atoms with E-state index in [1.807, 2.05) is 61.5 Å². The van der Waals surface area contributed by atoms with Gasteiger partial charge in [0.2, 0.25) is 0 Å². The van der Waals surface area contributed by atoms with Crippen molar-refractivity contribution in [2.24, 2.45) is 0 Å². The lowest BCUT2D eigenvalue weighted by Crippen LogP contribution is -2.16. The van der Waals surface area contributed by atoms with Gasteiger partial charge in [-0.25, -0.2) is 4.79 Å². The predicted molar refractivity (Wildman–Crippen MR) is 107 cm³/mol. The smallest absolute Gasteiger partial charge is 0.410 e. The van der Waals surface area contributed by atoms with Gasteiger partial charge in [-0.15, -0.1) is 0 Å². The quantitative estimate of drug-likeness (QED) is 0.554. The van der Waals surface area contributed by atoms with E-state index in [-0.39, 0.29) is 5.78 Å². The molecule has 0 aromatic heterocycles. The van der Waals surface area contributed by atoms with Crippen molar-refractivity contribution in [1.82, 2.24) is 0 Å². The van der Waals surface area contributed by atoms with E-state index in [4.69, 9.17) is 4.74 Å². The SMILES string of the molecule is CCCC(=O)c1ccc(-c2ccc(OC(=O)Nc3ccccc3)cc2)cc1. The molecule has 4 nitrogen and oxygen atoms in total. The van der Waals surface area contributed by atoms with Crippen LogP contribution >= 0.6 is 0 Å². The number of para-hydroxylation sites is 1. The molecular formula is C23H21NO3. The zero-order valence-electron chi connectivity index (χ0n) is 15.1. The number of benzene rings is 3. The average Bonchev–Trinajstić information content (AvgIpc) is 2.69. The number of Topliss-reactive ketones (excluding diaryl/α,β-unsaturated/α-hetero) is 1. The molecule has 0 fully saturated rings. The maximum Gasteiger partial charge on any atom is 0.417 e. The molecule has 136 valence electrons. The summed E-state index contributed by atoms with van der Waals surface area (Å²) in [5, 5.41) is 2.67. The van der Waals surface area contributed by atoms with Gasteiger partial charge < -0.3 is 4.74 Å². The molecule has 0 saturated heterocycles. The first-order chi connectivity index (χ1) is 13.2. The minimum atomic E-state index is -0.535. The first kappa shape index (κ1) is 18.4. The van der Waals surface area contributed by atoms with Crippen molar-refractivity contribution in [3.63, 3.8) is 0 Å². The van der Waals surface area contributed by atoms with E-state index in [0.29, 0.717) is 17.9 Å². The number of amides is 1. The highest BCUT2D eigenvalue weighted by Crippen LogP contribution is 2.23. The molecule has 0 aliphatic rings. The highest BCUT2D eigenvalue weighted by Gasteiger charge is 2.07. The van der Waals surface area contributed by atoms with Crippen molar-refractivity contribution >= 4 is 17.6 Å². The molecule has 0 atom stereocenters. The molecule has 3 aromatic rings. The van der Waals surface area contributed by atoms with Gasteiger partial charge in [-0.2, -0.15) is 0 Å². The normalized spacial score (nSPS) is 10.3. The Morgan fingerprint density at radius 1 is 0.815 bits per heavy atom. The molecule has 0 aliphatic heterocycles. The molecule has 0 aliphatic carbocycles. The summed E-state index contributed by atoms with van der Waals surface area (Å²) >= 11 is 0. The Morgan fingerprint density at radius 2 is 1.41 bits per heavy atom. The number of hydrogen-bond acceptors (Lipinski definition) is 3. The molecular weight excluding hydrogens is 338 g/mol. The fourth-order valence-electron chi connectivity index (χ4n) is 2.71. The molecule has 0 unspecified atom stereocenters. The van der Waals surface area contributed by atoms with E-state index in [9.17, 15) is 9.59 Å². The zero-order valence-corrected chi connectivity index (χ0v) is 15.1. The highest BCUT2D eigenvalue weighted by molar-refractivity contribution is 5.96. The van der Waals surface area contributed by atoms with Gasteiger partial charge in [0.25, 0.3) is 0 Å². The number of carbonyl (C=O) groups excluding carboxylic acids is 2. The second-order valence-electron chi connectivity index (χ2n) is 6.16. The summed E-state index contributed by atoms with van der Waals surface area (Å²) in [7, 11) is 0.